The molecular formula is C23H19F3N6O4. The van der Waals surface area contributed by atoms with Gasteiger partial charge in [-0.2, -0.15) is 8.78 Å². The van der Waals surface area contributed by atoms with Gasteiger partial charge >= 0.3 is 6.43 Å². The SMILES string of the molecule is O=C(CO)N1CC(C(=O)N(Cc2cn3ccc(-c4nnc(C(F)F)o4)cc3n2)c2cccc(F)c2)C1. The predicted octanol–water partition coefficient (Wildman–Crippen LogP) is 2.44. The predicted molar refractivity (Wildman–Crippen MR) is 118 cm³/mol. The topological polar surface area (TPSA) is 117 Å². The maximum absolute atomic E-state index is 14.0. The number of carbonyl (C=O) groups is 2. The van der Waals surface area contributed by atoms with Gasteiger partial charge in [-0.05, 0) is 30.3 Å². The number of hydrogen-bond donors (Lipinski definition) is 1. The molecule has 0 radical (unpaired) electrons. The molecule has 3 aromatic heterocycles. The minimum Gasteiger partial charge on any atom is -0.415 e. The second-order valence-electron chi connectivity index (χ2n) is 8.22. The van der Waals surface area contributed by atoms with Crippen molar-refractivity contribution in [2.75, 3.05) is 24.6 Å². The average molecular weight is 500 g/mol. The molecule has 1 N–H and O–H groups in total. The van der Waals surface area contributed by atoms with Crippen molar-refractivity contribution in [1.82, 2.24) is 24.5 Å². The third kappa shape index (κ3) is 4.52. The van der Waals surface area contributed by atoms with Crippen molar-refractivity contribution in [3.8, 4) is 11.5 Å². The minimum atomic E-state index is -2.89. The van der Waals surface area contributed by atoms with Gasteiger partial charge in [-0.1, -0.05) is 6.07 Å². The van der Waals surface area contributed by atoms with Crippen molar-refractivity contribution in [3.63, 3.8) is 0 Å². The molecule has 1 aliphatic heterocycles. The summed E-state index contributed by atoms with van der Waals surface area (Å²) in [5, 5.41) is 16.0. The van der Waals surface area contributed by atoms with Crippen molar-refractivity contribution in [1.29, 1.82) is 0 Å². The number of alkyl halides is 2. The van der Waals surface area contributed by atoms with Crippen LogP contribution in [0.1, 0.15) is 18.0 Å². The Balaban J connectivity index is 1.40. The number of pyridine rings is 1. The fraction of sp³-hybridized carbons (Fsp3) is 0.261. The van der Waals surface area contributed by atoms with E-state index in [4.69, 9.17) is 9.52 Å². The lowest BCUT2D eigenvalue weighted by atomic mass is 9.97. The summed E-state index contributed by atoms with van der Waals surface area (Å²) in [6, 6.07) is 8.75. The maximum Gasteiger partial charge on any atom is 0.314 e. The van der Waals surface area contributed by atoms with Gasteiger partial charge in [0.2, 0.25) is 17.7 Å². The number of rotatable bonds is 7. The number of anilines is 1. The molecule has 1 aliphatic rings. The summed E-state index contributed by atoms with van der Waals surface area (Å²) in [5.74, 6) is -2.67. The summed E-state index contributed by atoms with van der Waals surface area (Å²) < 4.78 is 46.2. The molecule has 0 atom stereocenters. The van der Waals surface area contributed by atoms with Crippen molar-refractivity contribution in [3.05, 3.63) is 66.2 Å². The van der Waals surface area contributed by atoms with Gasteiger partial charge in [-0.25, -0.2) is 9.37 Å². The van der Waals surface area contributed by atoms with E-state index < -0.39 is 36.6 Å². The molecule has 0 spiro atoms. The third-order valence-electron chi connectivity index (χ3n) is 5.81. The van der Waals surface area contributed by atoms with E-state index in [0.29, 0.717) is 22.6 Å². The fourth-order valence-corrected chi connectivity index (χ4v) is 3.94. The molecule has 0 unspecified atom stereocenters. The molecule has 4 heterocycles. The number of imidazole rings is 1. The molecule has 36 heavy (non-hydrogen) atoms. The quantitative estimate of drug-likeness (QED) is 0.414. The number of aliphatic hydroxyl groups excluding tert-OH is 1. The molecule has 0 aliphatic carbocycles. The van der Waals surface area contributed by atoms with E-state index in [0.717, 1.165) is 0 Å². The normalized spacial score (nSPS) is 13.9. The molecule has 0 bridgehead atoms. The number of carbonyl (C=O) groups excluding carboxylic acids is 2. The average Bonchev–Trinajstić information content (AvgIpc) is 3.48. The first-order chi connectivity index (χ1) is 17.3. The van der Waals surface area contributed by atoms with Crippen molar-refractivity contribution in [2.45, 2.75) is 13.0 Å². The molecule has 13 heteroatoms. The Morgan fingerprint density at radius 2 is 2.00 bits per heavy atom. The standard InChI is InChI=1S/C23H19F3N6O4/c24-15-2-1-3-17(7-15)32(23(35)14-8-31(9-14)19(34)12-33)11-16-10-30-5-4-13(6-18(30)27-16)21-28-29-22(36-21)20(25)26/h1-7,10,14,20,33H,8-9,11-12H2. The van der Waals surface area contributed by atoms with Gasteiger partial charge in [0.15, 0.2) is 0 Å². The molecule has 2 amide bonds. The number of benzene rings is 1. The number of fused-ring (bicyclic) bond motifs is 1. The van der Waals surface area contributed by atoms with E-state index in [1.54, 1.807) is 35.0 Å². The first-order valence-electron chi connectivity index (χ1n) is 10.9. The zero-order valence-electron chi connectivity index (χ0n) is 18.6. The Hall–Kier alpha value is -4.26. The van der Waals surface area contributed by atoms with Crippen molar-refractivity contribution < 1.29 is 32.3 Å². The number of aromatic nitrogens is 4. The van der Waals surface area contributed by atoms with Crippen LogP contribution in [0.3, 0.4) is 0 Å². The fourth-order valence-electron chi connectivity index (χ4n) is 3.94. The zero-order valence-corrected chi connectivity index (χ0v) is 18.6. The third-order valence-corrected chi connectivity index (χ3v) is 5.81. The van der Waals surface area contributed by atoms with Crippen LogP contribution in [0.4, 0.5) is 18.9 Å². The molecule has 1 saturated heterocycles. The number of nitrogens with zero attached hydrogens (tertiary/aromatic N) is 6. The van der Waals surface area contributed by atoms with E-state index in [1.165, 1.54) is 28.0 Å². The summed E-state index contributed by atoms with van der Waals surface area (Å²) >= 11 is 0. The van der Waals surface area contributed by atoms with E-state index in [9.17, 15) is 22.8 Å². The highest BCUT2D eigenvalue weighted by molar-refractivity contribution is 5.96. The van der Waals surface area contributed by atoms with E-state index >= 15 is 0 Å². The lowest BCUT2D eigenvalue weighted by Gasteiger charge is -2.40. The summed E-state index contributed by atoms with van der Waals surface area (Å²) in [7, 11) is 0. The number of hydrogen-bond acceptors (Lipinski definition) is 7. The van der Waals surface area contributed by atoms with E-state index in [-0.39, 0.29) is 31.4 Å². The summed E-state index contributed by atoms with van der Waals surface area (Å²) in [5.41, 5.74) is 1.63. The lowest BCUT2D eigenvalue weighted by Crippen LogP contribution is -2.57. The second-order valence-corrected chi connectivity index (χ2v) is 8.22. The summed E-state index contributed by atoms with van der Waals surface area (Å²) in [6.07, 6.45) is 0.426. The van der Waals surface area contributed by atoms with Gasteiger partial charge in [0.05, 0.1) is 18.2 Å². The van der Waals surface area contributed by atoms with E-state index in [1.807, 2.05) is 0 Å². The van der Waals surface area contributed by atoms with Crippen LogP contribution in [0.5, 0.6) is 0 Å². The van der Waals surface area contributed by atoms with Crippen LogP contribution in [0.25, 0.3) is 17.1 Å². The molecule has 5 rings (SSSR count). The van der Waals surface area contributed by atoms with Crippen LogP contribution in [0.15, 0.2) is 53.2 Å². The Morgan fingerprint density at radius 1 is 1.19 bits per heavy atom. The molecule has 4 aromatic rings. The maximum atomic E-state index is 14.0. The van der Waals surface area contributed by atoms with Gasteiger partial charge < -0.3 is 23.7 Å². The molecular weight excluding hydrogens is 481 g/mol. The van der Waals surface area contributed by atoms with Gasteiger partial charge in [0.25, 0.3) is 5.89 Å². The number of amides is 2. The second kappa shape index (κ2) is 9.41. The highest BCUT2D eigenvalue weighted by atomic mass is 19.3. The molecule has 10 nitrogen and oxygen atoms in total. The zero-order chi connectivity index (χ0) is 25.4. The summed E-state index contributed by atoms with van der Waals surface area (Å²) in [6.45, 7) is -0.308. The highest BCUT2D eigenvalue weighted by Crippen LogP contribution is 2.27. The highest BCUT2D eigenvalue weighted by Gasteiger charge is 2.38. The monoisotopic (exact) mass is 500 g/mol. The van der Waals surface area contributed by atoms with Crippen LogP contribution in [0.2, 0.25) is 0 Å². The van der Waals surface area contributed by atoms with Crippen LogP contribution in [-0.4, -0.2) is 61.1 Å². The molecule has 0 saturated carbocycles. The van der Waals surface area contributed by atoms with Gasteiger partial charge in [-0.15, -0.1) is 10.2 Å². The van der Waals surface area contributed by atoms with Gasteiger partial charge in [0.1, 0.15) is 18.1 Å². The Bertz CT molecular complexity index is 1430. The lowest BCUT2D eigenvalue weighted by molar-refractivity contribution is -0.144. The van der Waals surface area contributed by atoms with E-state index in [2.05, 4.69) is 15.2 Å². The van der Waals surface area contributed by atoms with Gasteiger partial charge in [0, 0.05) is 36.7 Å². The minimum absolute atomic E-state index is 0.0137. The number of halogens is 3. The van der Waals surface area contributed by atoms with Crippen molar-refractivity contribution in [2.24, 2.45) is 5.92 Å². The van der Waals surface area contributed by atoms with Crippen LogP contribution in [0, 0.1) is 11.7 Å². The Morgan fingerprint density at radius 3 is 2.69 bits per heavy atom. The Kier molecular flexibility index (Phi) is 6.14. The largest absolute Gasteiger partial charge is 0.415 e. The first kappa shape index (κ1) is 23.5. The smallest absolute Gasteiger partial charge is 0.314 e. The Labute approximate surface area is 201 Å². The molecule has 1 aromatic carbocycles. The van der Waals surface area contributed by atoms with Crippen LogP contribution in [-0.2, 0) is 16.1 Å². The number of likely N-dealkylation sites (tertiary alicyclic amines) is 1. The van der Waals surface area contributed by atoms with Crippen LogP contribution < -0.4 is 4.90 Å². The van der Waals surface area contributed by atoms with Gasteiger partial charge in [-0.3, -0.25) is 9.59 Å². The van der Waals surface area contributed by atoms with Crippen LogP contribution >= 0.6 is 0 Å². The van der Waals surface area contributed by atoms with Crippen molar-refractivity contribution >= 4 is 23.1 Å². The number of aliphatic hydroxyl groups is 1. The molecule has 186 valence electrons. The summed E-state index contributed by atoms with van der Waals surface area (Å²) in [4.78, 5) is 32.2. The molecule has 1 fully saturated rings. The first-order valence-corrected chi connectivity index (χ1v) is 10.9.